The van der Waals surface area contributed by atoms with E-state index in [9.17, 15) is 0 Å². The Morgan fingerprint density at radius 1 is 1.53 bits per heavy atom. The maximum atomic E-state index is 5.94. The van der Waals surface area contributed by atoms with E-state index in [1.807, 2.05) is 43.3 Å². The van der Waals surface area contributed by atoms with Crippen molar-refractivity contribution in [2.75, 3.05) is 14.1 Å². The number of halogens is 1. The largest absolute Gasteiger partial charge is 0.366 e. The Morgan fingerprint density at radius 3 is 2.73 bits per heavy atom. The summed E-state index contributed by atoms with van der Waals surface area (Å²) < 4.78 is 0. The zero-order chi connectivity index (χ0) is 11.4. The van der Waals surface area contributed by atoms with Crippen LogP contribution in [-0.4, -0.2) is 24.1 Å². The molecule has 0 aliphatic rings. The summed E-state index contributed by atoms with van der Waals surface area (Å²) in [4.78, 5) is 2.00. The minimum atomic E-state index is 0.212. The maximum absolute atomic E-state index is 5.94. The van der Waals surface area contributed by atoms with Crippen LogP contribution in [0, 0.1) is 0 Å². The lowest BCUT2D eigenvalue weighted by Gasteiger charge is -2.27. The Balaban J connectivity index is 2.84. The van der Waals surface area contributed by atoms with Gasteiger partial charge in [0.1, 0.15) is 0 Å². The standard InChI is InChI=1S/C11H15ClN2S/c1-8(14(3)11(15)13-2)9-5-4-6-10(12)7-9/h4-8H,1-3H3,(H,13,15). The van der Waals surface area contributed by atoms with Crippen LogP contribution in [-0.2, 0) is 0 Å². The second-order valence-corrected chi connectivity index (χ2v) is 4.22. The normalized spacial score (nSPS) is 12.0. The molecule has 0 saturated carbocycles. The predicted molar refractivity (Wildman–Crippen MR) is 69.3 cm³/mol. The summed E-state index contributed by atoms with van der Waals surface area (Å²) in [5, 5.41) is 4.43. The van der Waals surface area contributed by atoms with E-state index in [0.717, 1.165) is 15.7 Å². The Hall–Kier alpha value is -0.800. The van der Waals surface area contributed by atoms with Gasteiger partial charge in [-0.2, -0.15) is 0 Å². The van der Waals surface area contributed by atoms with Crippen molar-refractivity contribution >= 4 is 28.9 Å². The lowest BCUT2D eigenvalue weighted by Crippen LogP contribution is -2.36. The number of thiocarbonyl (C=S) groups is 1. The van der Waals surface area contributed by atoms with Crippen LogP contribution in [0.25, 0.3) is 0 Å². The van der Waals surface area contributed by atoms with E-state index < -0.39 is 0 Å². The molecule has 0 fully saturated rings. The summed E-state index contributed by atoms with van der Waals surface area (Å²) in [6.07, 6.45) is 0. The molecule has 0 amide bonds. The molecule has 0 bridgehead atoms. The number of benzene rings is 1. The summed E-state index contributed by atoms with van der Waals surface area (Å²) in [6.45, 7) is 2.09. The molecule has 82 valence electrons. The van der Waals surface area contributed by atoms with Gasteiger partial charge in [0.2, 0.25) is 0 Å². The highest BCUT2D eigenvalue weighted by atomic mass is 35.5. The molecule has 0 spiro atoms. The van der Waals surface area contributed by atoms with Gasteiger partial charge < -0.3 is 10.2 Å². The number of hydrogen-bond donors (Lipinski definition) is 1. The van der Waals surface area contributed by atoms with Crippen LogP contribution in [0.2, 0.25) is 5.02 Å². The highest BCUT2D eigenvalue weighted by Crippen LogP contribution is 2.21. The van der Waals surface area contributed by atoms with Gasteiger partial charge in [0, 0.05) is 19.1 Å². The average molecular weight is 243 g/mol. The van der Waals surface area contributed by atoms with E-state index in [0.29, 0.717) is 0 Å². The highest BCUT2D eigenvalue weighted by Gasteiger charge is 2.13. The van der Waals surface area contributed by atoms with Crippen molar-refractivity contribution in [1.82, 2.24) is 10.2 Å². The average Bonchev–Trinajstić information content (AvgIpc) is 2.26. The molecule has 1 atom stereocenters. The van der Waals surface area contributed by atoms with E-state index in [1.54, 1.807) is 0 Å². The fourth-order valence-corrected chi connectivity index (χ4v) is 1.70. The second-order valence-electron chi connectivity index (χ2n) is 3.40. The number of nitrogens with one attached hydrogen (secondary N) is 1. The lowest BCUT2D eigenvalue weighted by molar-refractivity contribution is 0.399. The lowest BCUT2D eigenvalue weighted by atomic mass is 10.1. The van der Waals surface area contributed by atoms with Gasteiger partial charge in [0.15, 0.2) is 5.11 Å². The van der Waals surface area contributed by atoms with Crippen LogP contribution >= 0.6 is 23.8 Å². The molecule has 4 heteroatoms. The first-order valence-corrected chi connectivity index (χ1v) is 5.55. The molecule has 0 radical (unpaired) electrons. The Labute approximate surface area is 101 Å². The van der Waals surface area contributed by atoms with Gasteiger partial charge >= 0.3 is 0 Å². The van der Waals surface area contributed by atoms with Crippen molar-refractivity contribution in [3.63, 3.8) is 0 Å². The SMILES string of the molecule is CNC(=S)N(C)C(C)c1cccc(Cl)c1. The topological polar surface area (TPSA) is 15.3 Å². The van der Waals surface area contributed by atoms with Crippen LogP contribution < -0.4 is 5.32 Å². The molecule has 0 saturated heterocycles. The Kier molecular flexibility index (Phi) is 4.36. The van der Waals surface area contributed by atoms with Crippen LogP contribution in [0.3, 0.4) is 0 Å². The van der Waals surface area contributed by atoms with E-state index in [-0.39, 0.29) is 6.04 Å². The number of rotatable bonds is 2. The van der Waals surface area contributed by atoms with E-state index in [4.69, 9.17) is 23.8 Å². The molecule has 1 rings (SSSR count). The van der Waals surface area contributed by atoms with Crippen LogP contribution in [0.4, 0.5) is 0 Å². The van der Waals surface area contributed by atoms with Gasteiger partial charge in [-0.1, -0.05) is 23.7 Å². The van der Waals surface area contributed by atoms with Gasteiger partial charge in [0.25, 0.3) is 0 Å². The first kappa shape index (κ1) is 12.3. The third-order valence-electron chi connectivity index (χ3n) is 2.45. The molecule has 1 aromatic rings. The van der Waals surface area contributed by atoms with Gasteiger partial charge in [-0.25, -0.2) is 0 Å². The summed E-state index contributed by atoms with van der Waals surface area (Å²) in [7, 11) is 3.79. The molecule has 0 aliphatic carbocycles. The summed E-state index contributed by atoms with van der Waals surface area (Å²) >= 11 is 11.1. The van der Waals surface area contributed by atoms with Crippen molar-refractivity contribution in [2.24, 2.45) is 0 Å². The Morgan fingerprint density at radius 2 is 2.20 bits per heavy atom. The molecule has 2 nitrogen and oxygen atoms in total. The monoisotopic (exact) mass is 242 g/mol. The minimum absolute atomic E-state index is 0.212. The van der Waals surface area contributed by atoms with Gasteiger partial charge in [-0.3, -0.25) is 0 Å². The van der Waals surface area contributed by atoms with Gasteiger partial charge in [0.05, 0.1) is 6.04 Å². The highest BCUT2D eigenvalue weighted by molar-refractivity contribution is 7.80. The third-order valence-corrected chi connectivity index (χ3v) is 3.17. The second kappa shape index (κ2) is 5.33. The van der Waals surface area contributed by atoms with Crippen molar-refractivity contribution in [2.45, 2.75) is 13.0 Å². The van der Waals surface area contributed by atoms with E-state index >= 15 is 0 Å². The number of nitrogens with zero attached hydrogens (tertiary/aromatic N) is 1. The summed E-state index contributed by atoms with van der Waals surface area (Å²) in [5.74, 6) is 0. The van der Waals surface area contributed by atoms with E-state index in [1.165, 1.54) is 0 Å². The molecule has 0 aromatic heterocycles. The molecule has 1 N–H and O–H groups in total. The Bertz CT molecular complexity index is 354. The minimum Gasteiger partial charge on any atom is -0.366 e. The first-order chi connectivity index (χ1) is 7.06. The number of hydrogen-bond acceptors (Lipinski definition) is 1. The van der Waals surface area contributed by atoms with Crippen molar-refractivity contribution in [3.05, 3.63) is 34.9 Å². The molecule has 1 unspecified atom stereocenters. The van der Waals surface area contributed by atoms with Crippen molar-refractivity contribution < 1.29 is 0 Å². The first-order valence-electron chi connectivity index (χ1n) is 4.76. The molecule has 0 heterocycles. The van der Waals surface area contributed by atoms with Crippen molar-refractivity contribution in [3.8, 4) is 0 Å². The molecule has 1 aromatic carbocycles. The quantitative estimate of drug-likeness (QED) is 0.803. The smallest absolute Gasteiger partial charge is 0.168 e. The van der Waals surface area contributed by atoms with Crippen LogP contribution in [0.1, 0.15) is 18.5 Å². The van der Waals surface area contributed by atoms with Gasteiger partial charge in [-0.05, 0) is 36.8 Å². The fourth-order valence-electron chi connectivity index (χ4n) is 1.34. The van der Waals surface area contributed by atoms with Crippen LogP contribution in [0.5, 0.6) is 0 Å². The van der Waals surface area contributed by atoms with Crippen LogP contribution in [0.15, 0.2) is 24.3 Å². The predicted octanol–water partition coefficient (Wildman–Crippen LogP) is 2.84. The maximum Gasteiger partial charge on any atom is 0.168 e. The zero-order valence-corrected chi connectivity index (χ0v) is 10.7. The van der Waals surface area contributed by atoms with Gasteiger partial charge in [-0.15, -0.1) is 0 Å². The summed E-state index contributed by atoms with van der Waals surface area (Å²) in [6, 6.07) is 8.04. The molecular formula is C11H15ClN2S. The third kappa shape index (κ3) is 3.08. The molecule has 0 aliphatic heterocycles. The molecule has 15 heavy (non-hydrogen) atoms. The zero-order valence-electron chi connectivity index (χ0n) is 9.12. The van der Waals surface area contributed by atoms with E-state index in [2.05, 4.69) is 12.2 Å². The molecular weight excluding hydrogens is 228 g/mol. The van der Waals surface area contributed by atoms with Crippen molar-refractivity contribution in [1.29, 1.82) is 0 Å². The fraction of sp³-hybridized carbons (Fsp3) is 0.364. The summed E-state index contributed by atoms with van der Waals surface area (Å²) in [5.41, 5.74) is 1.16.